The summed E-state index contributed by atoms with van der Waals surface area (Å²) in [5.74, 6) is -0.696. The Morgan fingerprint density at radius 2 is 1.95 bits per heavy atom. The first-order valence-electron chi connectivity index (χ1n) is 6.95. The Morgan fingerprint density at radius 3 is 2.63 bits per heavy atom. The number of carbonyl (C=O) groups is 1. The van der Waals surface area contributed by atoms with E-state index >= 15 is 0 Å². The van der Waals surface area contributed by atoms with E-state index in [4.69, 9.17) is 5.11 Å². The van der Waals surface area contributed by atoms with Gasteiger partial charge in [-0.15, -0.1) is 0 Å². The first kappa shape index (κ1) is 15.7. The van der Waals surface area contributed by atoms with Crippen LogP contribution in [-0.4, -0.2) is 36.1 Å². The molecule has 3 nitrogen and oxygen atoms in total. The Hall–Kier alpha value is -1.35. The number of aryl methyl sites for hydroxylation is 2. The van der Waals surface area contributed by atoms with E-state index < -0.39 is 5.97 Å². The van der Waals surface area contributed by atoms with E-state index in [1.807, 2.05) is 0 Å². The average Bonchev–Trinajstić information content (AvgIpc) is 2.35. The molecule has 0 heterocycles. The van der Waals surface area contributed by atoms with E-state index in [2.05, 4.69) is 44.0 Å². The molecule has 1 aromatic carbocycles. The molecule has 0 bridgehead atoms. The van der Waals surface area contributed by atoms with Gasteiger partial charge in [0.25, 0.3) is 0 Å². The zero-order valence-electron chi connectivity index (χ0n) is 12.3. The Morgan fingerprint density at radius 1 is 1.21 bits per heavy atom. The Kier molecular flexibility index (Phi) is 6.57. The Bertz CT molecular complexity index is 415. The molecule has 0 spiro atoms. The lowest BCUT2D eigenvalue weighted by atomic mass is 10.0. The zero-order chi connectivity index (χ0) is 14.3. The minimum atomic E-state index is -0.696. The number of likely N-dealkylation sites (N-methyl/N-ethyl adjacent to an activating group) is 1. The van der Waals surface area contributed by atoms with Gasteiger partial charge in [-0.2, -0.15) is 0 Å². The van der Waals surface area contributed by atoms with E-state index in [1.165, 1.54) is 16.7 Å². The molecule has 1 N–H and O–H groups in total. The lowest BCUT2D eigenvalue weighted by Gasteiger charge is -2.17. The van der Waals surface area contributed by atoms with Crippen LogP contribution in [0.25, 0.3) is 0 Å². The van der Waals surface area contributed by atoms with Crippen LogP contribution in [0.4, 0.5) is 0 Å². The van der Waals surface area contributed by atoms with Crippen molar-refractivity contribution in [2.24, 2.45) is 0 Å². The first-order valence-corrected chi connectivity index (χ1v) is 6.95. The highest BCUT2D eigenvalue weighted by atomic mass is 16.4. The first-order chi connectivity index (χ1) is 8.99. The van der Waals surface area contributed by atoms with Crippen LogP contribution in [0, 0.1) is 13.8 Å². The quantitative estimate of drug-likeness (QED) is 0.733. The third-order valence-electron chi connectivity index (χ3n) is 3.45. The summed E-state index contributed by atoms with van der Waals surface area (Å²) in [6, 6.07) is 6.58. The van der Waals surface area contributed by atoms with E-state index in [9.17, 15) is 4.79 Å². The third-order valence-corrected chi connectivity index (χ3v) is 3.45. The van der Waals surface area contributed by atoms with Crippen molar-refractivity contribution in [1.82, 2.24) is 4.90 Å². The van der Waals surface area contributed by atoms with Gasteiger partial charge in [0.1, 0.15) is 0 Å². The second-order valence-electron chi connectivity index (χ2n) is 5.33. The number of nitrogens with zero attached hydrogens (tertiary/aromatic N) is 1. The lowest BCUT2D eigenvalue weighted by molar-refractivity contribution is -0.137. The molecule has 1 rings (SSSR count). The molecule has 0 aliphatic heterocycles. The number of carboxylic acid groups (broad SMARTS) is 1. The van der Waals surface area contributed by atoms with E-state index in [0.717, 1.165) is 32.4 Å². The minimum Gasteiger partial charge on any atom is -0.481 e. The molecular formula is C16H25NO2. The maximum atomic E-state index is 10.4. The third kappa shape index (κ3) is 6.39. The predicted molar refractivity (Wildman–Crippen MR) is 78.6 cm³/mol. The van der Waals surface area contributed by atoms with Crippen LogP contribution in [-0.2, 0) is 11.2 Å². The predicted octanol–water partition coefficient (Wildman–Crippen LogP) is 3.03. The molecule has 0 fully saturated rings. The summed E-state index contributed by atoms with van der Waals surface area (Å²) in [4.78, 5) is 12.7. The number of carboxylic acids is 1. The molecule has 0 aromatic heterocycles. The molecule has 0 unspecified atom stereocenters. The van der Waals surface area contributed by atoms with Gasteiger partial charge in [0.2, 0.25) is 0 Å². The molecule has 0 amide bonds. The van der Waals surface area contributed by atoms with Gasteiger partial charge in [-0.1, -0.05) is 23.8 Å². The maximum Gasteiger partial charge on any atom is 0.303 e. The van der Waals surface area contributed by atoms with Gasteiger partial charge in [0.15, 0.2) is 0 Å². The van der Waals surface area contributed by atoms with Gasteiger partial charge >= 0.3 is 5.97 Å². The largest absolute Gasteiger partial charge is 0.481 e. The summed E-state index contributed by atoms with van der Waals surface area (Å²) in [6.07, 6.45) is 3.06. The average molecular weight is 263 g/mol. The van der Waals surface area contributed by atoms with E-state index in [-0.39, 0.29) is 6.42 Å². The molecular weight excluding hydrogens is 238 g/mol. The second kappa shape index (κ2) is 7.95. The van der Waals surface area contributed by atoms with Crippen LogP contribution in [0.2, 0.25) is 0 Å². The topological polar surface area (TPSA) is 40.5 Å². The zero-order valence-corrected chi connectivity index (χ0v) is 12.3. The minimum absolute atomic E-state index is 0.283. The molecule has 1 aromatic rings. The van der Waals surface area contributed by atoms with Gasteiger partial charge in [-0.05, 0) is 57.8 Å². The van der Waals surface area contributed by atoms with Crippen molar-refractivity contribution in [3.05, 3.63) is 34.9 Å². The fourth-order valence-corrected chi connectivity index (χ4v) is 2.15. The van der Waals surface area contributed by atoms with Gasteiger partial charge in [-0.3, -0.25) is 4.79 Å². The summed E-state index contributed by atoms with van der Waals surface area (Å²) >= 11 is 0. The number of benzene rings is 1. The van der Waals surface area contributed by atoms with Crippen LogP contribution < -0.4 is 0 Å². The number of unbranched alkanes of at least 4 members (excludes halogenated alkanes) is 1. The normalized spacial score (nSPS) is 10.9. The molecule has 3 heteroatoms. The van der Waals surface area contributed by atoms with Crippen molar-refractivity contribution >= 4 is 5.97 Å². The van der Waals surface area contributed by atoms with Crippen LogP contribution >= 0.6 is 0 Å². The summed E-state index contributed by atoms with van der Waals surface area (Å²) in [5.41, 5.74) is 4.08. The molecule has 0 aliphatic rings. The SMILES string of the molecule is Cc1ccc(C)c(CCN(C)CCCCC(=O)O)c1. The number of hydrogen-bond donors (Lipinski definition) is 1. The molecule has 0 radical (unpaired) electrons. The highest BCUT2D eigenvalue weighted by molar-refractivity contribution is 5.66. The summed E-state index contributed by atoms with van der Waals surface area (Å²) in [7, 11) is 2.10. The number of rotatable bonds is 8. The molecule has 19 heavy (non-hydrogen) atoms. The monoisotopic (exact) mass is 263 g/mol. The van der Waals surface area contributed by atoms with E-state index in [0.29, 0.717) is 0 Å². The van der Waals surface area contributed by atoms with Crippen LogP contribution in [0.15, 0.2) is 18.2 Å². The van der Waals surface area contributed by atoms with Gasteiger partial charge in [0, 0.05) is 13.0 Å². The lowest BCUT2D eigenvalue weighted by Crippen LogP contribution is -2.22. The fourth-order valence-electron chi connectivity index (χ4n) is 2.15. The molecule has 0 atom stereocenters. The smallest absolute Gasteiger partial charge is 0.303 e. The number of hydrogen-bond acceptors (Lipinski definition) is 2. The molecule has 106 valence electrons. The Balaban J connectivity index is 2.27. The number of aliphatic carboxylic acids is 1. The van der Waals surface area contributed by atoms with Crippen LogP contribution in [0.5, 0.6) is 0 Å². The van der Waals surface area contributed by atoms with E-state index in [1.54, 1.807) is 0 Å². The van der Waals surface area contributed by atoms with Gasteiger partial charge < -0.3 is 10.0 Å². The fraction of sp³-hybridized carbons (Fsp3) is 0.562. The summed E-state index contributed by atoms with van der Waals surface area (Å²) in [5, 5.41) is 8.57. The van der Waals surface area contributed by atoms with Gasteiger partial charge in [0.05, 0.1) is 0 Å². The maximum absolute atomic E-state index is 10.4. The second-order valence-corrected chi connectivity index (χ2v) is 5.33. The summed E-state index contributed by atoms with van der Waals surface area (Å²) < 4.78 is 0. The van der Waals surface area contributed by atoms with Crippen molar-refractivity contribution in [2.75, 3.05) is 20.1 Å². The summed E-state index contributed by atoms with van der Waals surface area (Å²) in [6.45, 7) is 6.27. The highest BCUT2D eigenvalue weighted by Crippen LogP contribution is 2.11. The van der Waals surface area contributed by atoms with Gasteiger partial charge in [-0.25, -0.2) is 0 Å². The van der Waals surface area contributed by atoms with Crippen molar-refractivity contribution in [2.45, 2.75) is 39.5 Å². The Labute approximate surface area is 116 Å². The van der Waals surface area contributed by atoms with Crippen LogP contribution in [0.3, 0.4) is 0 Å². The highest BCUT2D eigenvalue weighted by Gasteiger charge is 2.03. The molecule has 0 saturated heterocycles. The standard InChI is InChI=1S/C16H25NO2/c1-13-7-8-14(2)15(12-13)9-11-17(3)10-5-4-6-16(18)19/h7-8,12H,4-6,9-11H2,1-3H3,(H,18,19). The molecule has 0 saturated carbocycles. The van der Waals surface area contributed by atoms with Crippen molar-refractivity contribution < 1.29 is 9.90 Å². The van der Waals surface area contributed by atoms with Crippen molar-refractivity contribution in [1.29, 1.82) is 0 Å². The van der Waals surface area contributed by atoms with Crippen LogP contribution in [0.1, 0.15) is 36.0 Å². The van der Waals surface area contributed by atoms with Crippen molar-refractivity contribution in [3.63, 3.8) is 0 Å². The molecule has 0 aliphatic carbocycles. The van der Waals surface area contributed by atoms with Crippen molar-refractivity contribution in [3.8, 4) is 0 Å².